The molecule has 14 heavy (non-hydrogen) atoms. The summed E-state index contributed by atoms with van der Waals surface area (Å²) in [6, 6.07) is 0. The maximum absolute atomic E-state index is 2.38. The second-order valence-electron chi connectivity index (χ2n) is 4.12. The Hall–Kier alpha value is 0.774. The molecule has 0 nitrogen and oxygen atoms in total. The molecule has 82 valence electrons. The fraction of sp³-hybridized carbons (Fsp3) is 0.636. The molecule has 0 bridgehead atoms. The molecule has 3 heteroatoms. The minimum absolute atomic E-state index is 0. The van der Waals surface area contributed by atoms with Gasteiger partial charge in [-0.05, 0) is 0 Å². The van der Waals surface area contributed by atoms with E-state index in [1.807, 2.05) is 0 Å². The molecule has 0 aromatic heterocycles. The molecule has 0 aromatic rings. The monoisotopic (exact) mass is 270 g/mol. The van der Waals surface area contributed by atoms with Gasteiger partial charge in [0.25, 0.3) is 0 Å². The summed E-state index contributed by atoms with van der Waals surface area (Å²) >= 11 is 0.131. The van der Waals surface area contributed by atoms with E-state index >= 15 is 0 Å². The molecule has 0 unspecified atom stereocenters. The first-order chi connectivity index (χ1) is 5.42. The van der Waals surface area contributed by atoms with E-state index in [1.54, 1.807) is 20.6 Å². The average Bonchev–Trinajstić information content (AvgIpc) is 2.13. The molecular weight excluding hydrogens is 251 g/mol. The number of hydrogen-bond donors (Lipinski definition) is 0. The van der Waals surface area contributed by atoms with Crippen LogP contribution in [0.3, 0.4) is 0 Å². The van der Waals surface area contributed by atoms with Gasteiger partial charge in [-0.15, -0.1) is 24.8 Å². The minimum atomic E-state index is 0. The number of allylic oxidation sites excluding steroid dienone is 4. The number of halogens is 2. The number of hydrogen-bond acceptors (Lipinski definition) is 0. The standard InChI is InChI=1S/C10H15.CH3.2ClH.Ti/c1-7-6-10(4,5)9(3)8(7)2;;;;/h1-5H3;1H3;2*1H;. The zero-order valence-corrected chi connectivity index (χ0v) is 13.0. The Kier molecular flexibility index (Phi) is 7.05. The van der Waals surface area contributed by atoms with E-state index in [0.29, 0.717) is 5.41 Å². The molecule has 0 atom stereocenters. The van der Waals surface area contributed by atoms with Crippen LogP contribution in [0.5, 0.6) is 0 Å². The van der Waals surface area contributed by atoms with E-state index in [2.05, 4.69) is 39.8 Å². The predicted molar refractivity (Wildman–Crippen MR) is 65.2 cm³/mol. The summed E-state index contributed by atoms with van der Waals surface area (Å²) in [7, 11) is 0. The summed E-state index contributed by atoms with van der Waals surface area (Å²) in [5, 5.41) is 2.38. The summed E-state index contributed by atoms with van der Waals surface area (Å²) in [6.45, 7) is 11.6. The maximum atomic E-state index is 2.38. The van der Waals surface area contributed by atoms with Crippen LogP contribution >= 0.6 is 24.8 Å². The van der Waals surface area contributed by atoms with Crippen molar-refractivity contribution in [1.82, 2.24) is 0 Å². The molecule has 0 amide bonds. The third kappa shape index (κ3) is 2.47. The van der Waals surface area contributed by atoms with Crippen molar-refractivity contribution in [3.8, 4) is 0 Å². The number of rotatable bonds is 1. The van der Waals surface area contributed by atoms with Crippen molar-refractivity contribution in [2.75, 3.05) is 0 Å². The summed E-state index contributed by atoms with van der Waals surface area (Å²) in [5.41, 5.74) is 5.09. The predicted octanol–water partition coefficient (Wildman–Crippen LogP) is 4.61. The molecule has 0 spiro atoms. The van der Waals surface area contributed by atoms with Gasteiger partial charge >= 0.3 is 85.0 Å². The molecule has 0 aromatic carbocycles. The van der Waals surface area contributed by atoms with Crippen molar-refractivity contribution in [3.05, 3.63) is 20.6 Å². The Morgan fingerprint density at radius 1 is 0.929 bits per heavy atom. The van der Waals surface area contributed by atoms with E-state index in [-0.39, 0.29) is 44.0 Å². The van der Waals surface area contributed by atoms with Gasteiger partial charge in [0.1, 0.15) is 0 Å². The molecule has 0 saturated carbocycles. The van der Waals surface area contributed by atoms with Gasteiger partial charge in [0.15, 0.2) is 0 Å². The summed E-state index contributed by atoms with van der Waals surface area (Å²) in [5.74, 6) is 0. The normalized spacial score (nSPS) is 19.0. The van der Waals surface area contributed by atoms with Gasteiger partial charge in [-0.2, -0.15) is 0 Å². The van der Waals surface area contributed by atoms with Crippen LogP contribution in [0.25, 0.3) is 0 Å². The van der Waals surface area contributed by atoms with Crippen LogP contribution < -0.4 is 0 Å². The van der Waals surface area contributed by atoms with Gasteiger partial charge in [0.05, 0.1) is 0 Å². The van der Waals surface area contributed by atoms with Crippen LogP contribution in [-0.4, -0.2) is 0 Å². The van der Waals surface area contributed by atoms with Crippen LogP contribution in [-0.2, 0) is 19.2 Å². The third-order valence-electron chi connectivity index (χ3n) is 3.31. The molecule has 0 heterocycles. The zero-order valence-electron chi connectivity index (χ0n) is 9.82. The molecular formula is C11H20Cl2Ti. The Morgan fingerprint density at radius 3 is 1.50 bits per heavy atom. The molecule has 0 fully saturated rings. The summed E-state index contributed by atoms with van der Waals surface area (Å²) in [4.78, 5) is 0. The molecule has 0 N–H and O–H groups in total. The van der Waals surface area contributed by atoms with Crippen LogP contribution in [0.1, 0.15) is 34.6 Å². The van der Waals surface area contributed by atoms with Crippen LogP contribution in [0.2, 0.25) is 5.23 Å². The van der Waals surface area contributed by atoms with Crippen molar-refractivity contribution in [1.29, 1.82) is 0 Å². The molecule has 1 aliphatic rings. The topological polar surface area (TPSA) is 0 Å². The van der Waals surface area contributed by atoms with Crippen LogP contribution in [0.4, 0.5) is 0 Å². The van der Waals surface area contributed by atoms with E-state index in [9.17, 15) is 0 Å². The summed E-state index contributed by atoms with van der Waals surface area (Å²) < 4.78 is 1.75. The average molecular weight is 271 g/mol. The first-order valence-corrected chi connectivity index (χ1v) is 6.84. The van der Waals surface area contributed by atoms with Gasteiger partial charge in [0, 0.05) is 0 Å². The SMILES string of the molecule is Cl.Cl.[CH3][Ti][C]1=C(C)C(C)=C(C)C1(C)C. The van der Waals surface area contributed by atoms with Crippen LogP contribution in [0, 0.1) is 5.41 Å². The Morgan fingerprint density at radius 2 is 1.36 bits per heavy atom. The van der Waals surface area contributed by atoms with Gasteiger partial charge in [-0.1, -0.05) is 0 Å². The first-order valence-electron chi connectivity index (χ1n) is 4.50. The second-order valence-corrected chi connectivity index (χ2v) is 5.69. The molecule has 1 rings (SSSR count). The fourth-order valence-corrected chi connectivity index (χ4v) is 4.24. The quantitative estimate of drug-likeness (QED) is 0.611. The first kappa shape index (κ1) is 17.2. The van der Waals surface area contributed by atoms with Gasteiger partial charge in [-0.25, -0.2) is 0 Å². The Labute approximate surface area is 109 Å². The van der Waals surface area contributed by atoms with Crippen LogP contribution in [0.15, 0.2) is 20.6 Å². The van der Waals surface area contributed by atoms with E-state index in [4.69, 9.17) is 0 Å². The fourth-order valence-electron chi connectivity index (χ4n) is 2.09. The van der Waals surface area contributed by atoms with Gasteiger partial charge in [0.2, 0.25) is 0 Å². The zero-order chi connectivity index (χ0) is 9.52. The van der Waals surface area contributed by atoms with Gasteiger partial charge in [-0.3, -0.25) is 0 Å². The van der Waals surface area contributed by atoms with Crippen molar-refractivity contribution in [2.24, 2.45) is 5.41 Å². The summed E-state index contributed by atoms with van der Waals surface area (Å²) in [6.07, 6.45) is 0. The van der Waals surface area contributed by atoms with Crippen molar-refractivity contribution >= 4 is 24.8 Å². The Bertz CT molecular complexity index is 275. The van der Waals surface area contributed by atoms with E-state index in [0.717, 1.165) is 0 Å². The van der Waals surface area contributed by atoms with Gasteiger partial charge < -0.3 is 0 Å². The molecule has 0 saturated heterocycles. The molecule has 0 aliphatic heterocycles. The molecule has 0 radical (unpaired) electrons. The second kappa shape index (κ2) is 5.75. The van der Waals surface area contributed by atoms with Crippen molar-refractivity contribution in [2.45, 2.75) is 39.8 Å². The third-order valence-corrected chi connectivity index (χ3v) is 5.65. The Balaban J connectivity index is 0. The van der Waals surface area contributed by atoms with Crippen molar-refractivity contribution in [3.63, 3.8) is 0 Å². The van der Waals surface area contributed by atoms with E-state index in [1.165, 1.54) is 0 Å². The molecule has 1 aliphatic carbocycles. The van der Waals surface area contributed by atoms with E-state index < -0.39 is 0 Å². The van der Waals surface area contributed by atoms with Crippen molar-refractivity contribution < 1.29 is 19.2 Å².